The fraction of sp³-hybridized carbons (Fsp3) is 0.471. The maximum Gasteiger partial charge on any atom is 0.342 e. The van der Waals surface area contributed by atoms with E-state index >= 15 is 0 Å². The number of likely N-dealkylation sites (N-methyl/N-ethyl adjacent to an activating group) is 1. The van der Waals surface area contributed by atoms with Gasteiger partial charge in [-0.1, -0.05) is 28.1 Å². The second kappa shape index (κ2) is 7.47. The summed E-state index contributed by atoms with van der Waals surface area (Å²) in [7, 11) is 2.14. The van der Waals surface area contributed by atoms with Gasteiger partial charge in [-0.05, 0) is 24.7 Å². The van der Waals surface area contributed by atoms with E-state index < -0.39 is 0 Å². The Morgan fingerprint density at radius 3 is 2.57 bits per heavy atom. The van der Waals surface area contributed by atoms with Crippen molar-refractivity contribution in [1.29, 1.82) is 0 Å². The maximum atomic E-state index is 12.0. The zero-order valence-electron chi connectivity index (χ0n) is 13.3. The Labute approximate surface area is 145 Å². The molecule has 0 aromatic heterocycles. The molecule has 1 aromatic rings. The summed E-state index contributed by atoms with van der Waals surface area (Å²) < 4.78 is 12.0. The first kappa shape index (κ1) is 16.5. The molecule has 0 N–H and O–H groups in total. The summed E-state index contributed by atoms with van der Waals surface area (Å²) in [5, 5.41) is 0. The molecule has 1 saturated heterocycles. The molecule has 3 rings (SSSR count). The minimum absolute atomic E-state index is 0.229. The summed E-state index contributed by atoms with van der Waals surface area (Å²) in [6.45, 7) is 5.99. The van der Waals surface area contributed by atoms with Gasteiger partial charge in [0.2, 0.25) is 0 Å². The number of nitrogens with zero attached hydrogens (tertiary/aromatic N) is 2. The lowest BCUT2D eigenvalue weighted by atomic mass is 10.1. The van der Waals surface area contributed by atoms with Gasteiger partial charge >= 0.3 is 5.97 Å². The van der Waals surface area contributed by atoms with Crippen molar-refractivity contribution in [3.63, 3.8) is 0 Å². The number of hydrogen-bond donors (Lipinski definition) is 0. The number of benzene rings is 1. The number of rotatable bonds is 5. The van der Waals surface area contributed by atoms with Gasteiger partial charge < -0.3 is 14.4 Å². The van der Waals surface area contributed by atoms with Crippen molar-refractivity contribution in [2.24, 2.45) is 0 Å². The van der Waals surface area contributed by atoms with Gasteiger partial charge in [0.25, 0.3) is 0 Å². The average molecular weight is 381 g/mol. The molecule has 1 aromatic carbocycles. The zero-order valence-corrected chi connectivity index (χ0v) is 14.8. The van der Waals surface area contributed by atoms with Gasteiger partial charge in [-0.15, -0.1) is 0 Å². The van der Waals surface area contributed by atoms with Gasteiger partial charge in [0.15, 0.2) is 0 Å². The molecule has 124 valence electrons. The SMILES string of the molecule is CN1CCN(CCOC2=C(c3ccc(Br)cc3)C(=O)OC2)CC1. The van der Waals surface area contributed by atoms with Crippen LogP contribution in [0.5, 0.6) is 0 Å². The van der Waals surface area contributed by atoms with Gasteiger partial charge in [-0.3, -0.25) is 4.90 Å². The molecule has 2 heterocycles. The van der Waals surface area contributed by atoms with Crippen molar-refractivity contribution >= 4 is 27.5 Å². The Morgan fingerprint density at radius 1 is 1.17 bits per heavy atom. The lowest BCUT2D eigenvalue weighted by Crippen LogP contribution is -2.45. The van der Waals surface area contributed by atoms with Crippen molar-refractivity contribution in [2.75, 3.05) is 53.0 Å². The summed E-state index contributed by atoms with van der Waals surface area (Å²) >= 11 is 3.40. The monoisotopic (exact) mass is 380 g/mol. The largest absolute Gasteiger partial charge is 0.492 e. The third kappa shape index (κ3) is 4.13. The Morgan fingerprint density at radius 2 is 1.87 bits per heavy atom. The smallest absolute Gasteiger partial charge is 0.342 e. The predicted octanol–water partition coefficient (Wildman–Crippen LogP) is 1.98. The van der Waals surface area contributed by atoms with E-state index in [0.29, 0.717) is 17.9 Å². The average Bonchev–Trinajstić information content (AvgIpc) is 2.91. The molecule has 5 nitrogen and oxygen atoms in total. The zero-order chi connectivity index (χ0) is 16.2. The molecule has 23 heavy (non-hydrogen) atoms. The van der Waals surface area contributed by atoms with E-state index in [1.165, 1.54) is 0 Å². The molecule has 0 saturated carbocycles. The summed E-state index contributed by atoms with van der Waals surface area (Å²) in [5.74, 6) is 0.341. The van der Waals surface area contributed by atoms with Crippen LogP contribution in [0.3, 0.4) is 0 Å². The van der Waals surface area contributed by atoms with Crippen LogP contribution >= 0.6 is 15.9 Å². The summed E-state index contributed by atoms with van der Waals surface area (Å²) in [4.78, 5) is 16.7. The highest BCUT2D eigenvalue weighted by Gasteiger charge is 2.28. The molecule has 0 atom stereocenters. The van der Waals surface area contributed by atoms with Crippen molar-refractivity contribution < 1.29 is 14.3 Å². The highest BCUT2D eigenvalue weighted by Crippen LogP contribution is 2.28. The van der Waals surface area contributed by atoms with E-state index in [-0.39, 0.29) is 12.6 Å². The second-order valence-corrected chi connectivity index (χ2v) is 6.79. The van der Waals surface area contributed by atoms with E-state index in [0.717, 1.165) is 42.8 Å². The fourth-order valence-electron chi connectivity index (χ4n) is 2.77. The van der Waals surface area contributed by atoms with Crippen LogP contribution in [-0.4, -0.2) is 68.8 Å². The molecule has 0 radical (unpaired) electrons. The number of cyclic esters (lactones) is 1. The van der Waals surface area contributed by atoms with E-state index in [2.05, 4.69) is 32.8 Å². The quantitative estimate of drug-likeness (QED) is 0.730. The first-order chi connectivity index (χ1) is 11.1. The highest BCUT2D eigenvalue weighted by atomic mass is 79.9. The molecule has 1 fully saturated rings. The van der Waals surface area contributed by atoms with E-state index in [1.54, 1.807) is 0 Å². The summed E-state index contributed by atoms with van der Waals surface area (Å²) in [5.41, 5.74) is 1.39. The molecular weight excluding hydrogens is 360 g/mol. The van der Waals surface area contributed by atoms with Crippen molar-refractivity contribution in [1.82, 2.24) is 9.80 Å². The lowest BCUT2D eigenvalue weighted by molar-refractivity contribution is -0.134. The summed E-state index contributed by atoms with van der Waals surface area (Å²) in [6, 6.07) is 7.62. The molecule has 2 aliphatic heterocycles. The Hall–Kier alpha value is -1.37. The Kier molecular flexibility index (Phi) is 5.35. The number of carbonyl (C=O) groups excluding carboxylic acids is 1. The number of carbonyl (C=O) groups is 1. The normalized spacial score (nSPS) is 20.0. The Balaban J connectivity index is 1.60. The molecule has 0 bridgehead atoms. The van der Waals surface area contributed by atoms with Gasteiger partial charge in [0.1, 0.15) is 24.5 Å². The number of halogens is 1. The molecule has 0 amide bonds. The molecule has 0 aliphatic carbocycles. The van der Waals surface area contributed by atoms with Crippen LogP contribution in [0.2, 0.25) is 0 Å². The second-order valence-electron chi connectivity index (χ2n) is 5.87. The van der Waals surface area contributed by atoms with E-state index in [9.17, 15) is 4.79 Å². The minimum Gasteiger partial charge on any atom is -0.492 e. The van der Waals surface area contributed by atoms with Crippen LogP contribution in [0, 0.1) is 0 Å². The first-order valence-corrected chi connectivity index (χ1v) is 8.62. The third-order valence-corrected chi connectivity index (χ3v) is 4.76. The van der Waals surface area contributed by atoms with E-state index in [1.807, 2.05) is 24.3 Å². The first-order valence-electron chi connectivity index (χ1n) is 7.83. The molecule has 0 unspecified atom stereocenters. The van der Waals surface area contributed by atoms with Crippen LogP contribution in [0.4, 0.5) is 0 Å². The van der Waals surface area contributed by atoms with Crippen LogP contribution in [0.25, 0.3) is 5.57 Å². The maximum absolute atomic E-state index is 12.0. The van der Waals surface area contributed by atoms with Crippen molar-refractivity contribution in [3.8, 4) is 0 Å². The number of piperazine rings is 1. The van der Waals surface area contributed by atoms with Gasteiger partial charge in [0, 0.05) is 37.2 Å². The van der Waals surface area contributed by atoms with Gasteiger partial charge in [0.05, 0.1) is 0 Å². The standard InChI is InChI=1S/C17H21BrN2O3/c1-19-6-8-20(9-7-19)10-11-22-15-12-23-17(21)16(15)13-2-4-14(18)5-3-13/h2-5H,6-12H2,1H3. The van der Waals surface area contributed by atoms with Crippen LogP contribution in [0.1, 0.15) is 5.56 Å². The topological polar surface area (TPSA) is 42.0 Å². The van der Waals surface area contributed by atoms with Gasteiger partial charge in [-0.2, -0.15) is 0 Å². The summed E-state index contributed by atoms with van der Waals surface area (Å²) in [6.07, 6.45) is 0. The predicted molar refractivity (Wildman–Crippen MR) is 91.9 cm³/mol. The van der Waals surface area contributed by atoms with Crippen LogP contribution in [-0.2, 0) is 14.3 Å². The van der Waals surface area contributed by atoms with E-state index in [4.69, 9.17) is 9.47 Å². The third-order valence-electron chi connectivity index (χ3n) is 4.23. The van der Waals surface area contributed by atoms with Crippen molar-refractivity contribution in [3.05, 3.63) is 40.1 Å². The van der Waals surface area contributed by atoms with Gasteiger partial charge in [-0.25, -0.2) is 4.79 Å². The van der Waals surface area contributed by atoms with Crippen LogP contribution in [0.15, 0.2) is 34.5 Å². The molecule has 6 heteroatoms. The molecular formula is C17H21BrN2O3. The number of hydrogen-bond acceptors (Lipinski definition) is 5. The lowest BCUT2D eigenvalue weighted by Gasteiger charge is -2.32. The number of esters is 1. The fourth-order valence-corrected chi connectivity index (χ4v) is 3.03. The van der Waals surface area contributed by atoms with Crippen LogP contribution < -0.4 is 0 Å². The highest BCUT2D eigenvalue weighted by molar-refractivity contribution is 9.10. The Bertz CT molecular complexity index is 592. The molecule has 2 aliphatic rings. The van der Waals surface area contributed by atoms with Crippen molar-refractivity contribution in [2.45, 2.75) is 0 Å². The molecule has 0 spiro atoms. The number of ether oxygens (including phenoxy) is 2. The minimum atomic E-state index is -0.304.